The van der Waals surface area contributed by atoms with E-state index in [2.05, 4.69) is 33.4 Å². The van der Waals surface area contributed by atoms with Crippen molar-refractivity contribution in [1.82, 2.24) is 5.48 Å². The van der Waals surface area contributed by atoms with E-state index < -0.39 is 17.8 Å². The van der Waals surface area contributed by atoms with Gasteiger partial charge < -0.3 is 10.4 Å². The summed E-state index contributed by atoms with van der Waals surface area (Å²) in [7, 11) is 0. The topological polar surface area (TPSA) is 70.6 Å². The highest BCUT2D eigenvalue weighted by molar-refractivity contribution is 14.1. The first-order valence-corrected chi connectivity index (χ1v) is 8.94. The van der Waals surface area contributed by atoms with E-state index in [0.29, 0.717) is 17.1 Å². The molecule has 1 unspecified atom stereocenters. The van der Waals surface area contributed by atoms with Gasteiger partial charge in [-0.3, -0.25) is 9.63 Å². The van der Waals surface area contributed by atoms with Crippen LogP contribution in [0.2, 0.25) is 5.02 Å². The van der Waals surface area contributed by atoms with Crippen LogP contribution in [0.15, 0.2) is 36.4 Å². The standard InChI is InChI=1S/C17H17ClFIN2O3/c1-10(23)6-7-25-22-17(24)13-4-2-11(19)8-16(13)21-15-5-3-12(20)9-14(15)18/h2-5,8-10,21,23H,6-7H2,1H3,(H,22,24). The molecule has 2 aromatic rings. The number of hydrogen-bond donors (Lipinski definition) is 3. The van der Waals surface area contributed by atoms with E-state index in [4.69, 9.17) is 21.5 Å². The summed E-state index contributed by atoms with van der Waals surface area (Å²) in [5.74, 6) is -1.02. The first-order valence-electron chi connectivity index (χ1n) is 7.48. The summed E-state index contributed by atoms with van der Waals surface area (Å²) in [5, 5.41) is 12.6. The van der Waals surface area contributed by atoms with E-state index in [1.54, 1.807) is 19.1 Å². The molecule has 0 heterocycles. The Morgan fingerprint density at radius 2 is 2.08 bits per heavy atom. The molecule has 0 radical (unpaired) electrons. The van der Waals surface area contributed by atoms with Gasteiger partial charge in [-0.25, -0.2) is 9.87 Å². The number of carbonyl (C=O) groups is 1. The summed E-state index contributed by atoms with van der Waals surface area (Å²) in [4.78, 5) is 17.3. The molecule has 2 aromatic carbocycles. The van der Waals surface area contributed by atoms with Crippen LogP contribution in [0.1, 0.15) is 23.7 Å². The molecular formula is C17H17ClFIN2O3. The summed E-state index contributed by atoms with van der Waals surface area (Å²) < 4.78 is 14.6. The Balaban J connectivity index is 2.15. The van der Waals surface area contributed by atoms with Gasteiger partial charge in [-0.05, 0) is 72.3 Å². The minimum atomic E-state index is -0.533. The van der Waals surface area contributed by atoms with Crippen molar-refractivity contribution in [2.75, 3.05) is 11.9 Å². The first kappa shape index (κ1) is 19.9. The molecule has 8 heteroatoms. The monoisotopic (exact) mass is 478 g/mol. The van der Waals surface area contributed by atoms with Gasteiger partial charge in [-0.2, -0.15) is 0 Å². The molecule has 0 bridgehead atoms. The van der Waals surface area contributed by atoms with Crippen LogP contribution in [-0.4, -0.2) is 23.7 Å². The Hall–Kier alpha value is -1.42. The molecule has 0 saturated heterocycles. The first-order chi connectivity index (χ1) is 11.9. The van der Waals surface area contributed by atoms with E-state index in [1.165, 1.54) is 18.2 Å². The summed E-state index contributed by atoms with van der Waals surface area (Å²) in [6.45, 7) is 1.79. The lowest BCUT2D eigenvalue weighted by molar-refractivity contribution is 0.0187. The maximum Gasteiger partial charge on any atom is 0.276 e. The molecule has 5 nitrogen and oxygen atoms in total. The number of nitrogens with one attached hydrogen (secondary N) is 2. The van der Waals surface area contributed by atoms with Crippen molar-refractivity contribution in [2.45, 2.75) is 19.4 Å². The molecule has 0 spiro atoms. The van der Waals surface area contributed by atoms with Gasteiger partial charge in [0.05, 0.1) is 34.7 Å². The average molecular weight is 479 g/mol. The van der Waals surface area contributed by atoms with Crippen molar-refractivity contribution in [1.29, 1.82) is 0 Å². The third-order valence-corrected chi connectivity index (χ3v) is 4.21. The van der Waals surface area contributed by atoms with E-state index >= 15 is 0 Å². The molecule has 0 aliphatic heterocycles. The number of hydrogen-bond acceptors (Lipinski definition) is 4. The molecule has 0 aliphatic rings. The van der Waals surface area contributed by atoms with Crippen LogP contribution < -0.4 is 10.8 Å². The highest BCUT2D eigenvalue weighted by atomic mass is 127. The number of hydroxylamine groups is 1. The molecule has 25 heavy (non-hydrogen) atoms. The van der Waals surface area contributed by atoms with Crippen molar-refractivity contribution in [2.24, 2.45) is 0 Å². The normalized spacial score (nSPS) is 11.9. The summed E-state index contributed by atoms with van der Waals surface area (Å²) >= 11 is 8.30. The fraction of sp³-hybridized carbons (Fsp3) is 0.235. The van der Waals surface area contributed by atoms with E-state index in [0.717, 1.165) is 3.57 Å². The molecule has 0 fully saturated rings. The summed E-state index contributed by atoms with van der Waals surface area (Å²) in [6, 6.07) is 9.08. The fourth-order valence-electron chi connectivity index (χ4n) is 1.95. The Morgan fingerprint density at radius 1 is 1.32 bits per heavy atom. The zero-order chi connectivity index (χ0) is 18.4. The zero-order valence-electron chi connectivity index (χ0n) is 13.4. The van der Waals surface area contributed by atoms with Gasteiger partial charge in [0.1, 0.15) is 5.82 Å². The number of aliphatic hydroxyl groups excluding tert-OH is 1. The predicted octanol–water partition coefficient (Wildman–Crippen LogP) is 4.26. The molecule has 1 atom stereocenters. The van der Waals surface area contributed by atoms with E-state index in [9.17, 15) is 9.18 Å². The number of anilines is 2. The molecule has 0 saturated carbocycles. The van der Waals surface area contributed by atoms with Crippen LogP contribution in [0.25, 0.3) is 0 Å². The molecular weight excluding hydrogens is 462 g/mol. The van der Waals surface area contributed by atoms with Crippen LogP contribution >= 0.6 is 34.2 Å². The lowest BCUT2D eigenvalue weighted by atomic mass is 10.1. The lowest BCUT2D eigenvalue weighted by Gasteiger charge is -2.14. The van der Waals surface area contributed by atoms with Crippen molar-refractivity contribution < 1.29 is 19.1 Å². The molecule has 3 N–H and O–H groups in total. The van der Waals surface area contributed by atoms with Gasteiger partial charge in [0.2, 0.25) is 0 Å². The van der Waals surface area contributed by atoms with Crippen molar-refractivity contribution >= 4 is 51.5 Å². The Kier molecular flexibility index (Phi) is 7.42. The van der Waals surface area contributed by atoms with Crippen LogP contribution in [0.4, 0.5) is 15.8 Å². The Bertz CT molecular complexity index is 759. The predicted molar refractivity (Wildman–Crippen MR) is 104 cm³/mol. The van der Waals surface area contributed by atoms with Crippen LogP contribution in [0.3, 0.4) is 0 Å². The third-order valence-electron chi connectivity index (χ3n) is 3.23. The number of amides is 1. The fourth-order valence-corrected chi connectivity index (χ4v) is 2.86. The van der Waals surface area contributed by atoms with Gasteiger partial charge in [0, 0.05) is 3.57 Å². The second-order valence-electron chi connectivity index (χ2n) is 5.36. The Morgan fingerprint density at radius 3 is 2.76 bits per heavy atom. The SMILES string of the molecule is CC(O)CCONC(=O)c1ccc(F)cc1Nc1ccc(I)cc1Cl. The minimum Gasteiger partial charge on any atom is -0.393 e. The van der Waals surface area contributed by atoms with E-state index in [-0.39, 0.29) is 17.9 Å². The quantitative estimate of drug-likeness (QED) is 0.316. The van der Waals surface area contributed by atoms with Crippen molar-refractivity contribution in [3.05, 3.63) is 56.4 Å². The largest absolute Gasteiger partial charge is 0.393 e. The number of carbonyl (C=O) groups excluding carboxylic acids is 1. The third kappa shape index (κ3) is 6.10. The van der Waals surface area contributed by atoms with Gasteiger partial charge >= 0.3 is 0 Å². The van der Waals surface area contributed by atoms with Crippen LogP contribution in [0, 0.1) is 9.39 Å². The van der Waals surface area contributed by atoms with Gasteiger partial charge in [0.15, 0.2) is 0 Å². The number of aliphatic hydroxyl groups is 1. The van der Waals surface area contributed by atoms with E-state index in [1.807, 2.05) is 6.07 Å². The second-order valence-corrected chi connectivity index (χ2v) is 7.01. The smallest absolute Gasteiger partial charge is 0.276 e. The van der Waals surface area contributed by atoms with Gasteiger partial charge in [-0.1, -0.05) is 11.6 Å². The molecule has 2 rings (SSSR count). The summed E-state index contributed by atoms with van der Waals surface area (Å²) in [6.07, 6.45) is -0.143. The highest BCUT2D eigenvalue weighted by Crippen LogP contribution is 2.29. The number of rotatable bonds is 7. The molecule has 0 aliphatic carbocycles. The minimum absolute atomic E-state index is 0.163. The zero-order valence-corrected chi connectivity index (χ0v) is 16.3. The van der Waals surface area contributed by atoms with Gasteiger partial charge in [0.25, 0.3) is 5.91 Å². The Labute approximate surface area is 163 Å². The number of halogens is 3. The number of benzene rings is 2. The van der Waals surface area contributed by atoms with Gasteiger partial charge in [-0.15, -0.1) is 0 Å². The maximum atomic E-state index is 13.6. The lowest BCUT2D eigenvalue weighted by Crippen LogP contribution is -2.26. The maximum absolute atomic E-state index is 13.6. The van der Waals surface area contributed by atoms with Crippen molar-refractivity contribution in [3.8, 4) is 0 Å². The molecule has 1 amide bonds. The summed E-state index contributed by atoms with van der Waals surface area (Å²) in [5.41, 5.74) is 3.30. The van der Waals surface area contributed by atoms with Crippen molar-refractivity contribution in [3.63, 3.8) is 0 Å². The average Bonchev–Trinajstić information content (AvgIpc) is 2.54. The molecule has 134 valence electrons. The second kappa shape index (κ2) is 9.33. The molecule has 0 aromatic heterocycles. The van der Waals surface area contributed by atoms with Crippen LogP contribution in [0.5, 0.6) is 0 Å². The highest BCUT2D eigenvalue weighted by Gasteiger charge is 2.14. The van der Waals surface area contributed by atoms with Crippen LogP contribution in [-0.2, 0) is 4.84 Å².